The van der Waals surface area contributed by atoms with Crippen molar-refractivity contribution in [3.05, 3.63) is 28.8 Å². The molecule has 1 N–H and O–H groups in total. The topological polar surface area (TPSA) is 59.0 Å². The third kappa shape index (κ3) is 3.10. The van der Waals surface area contributed by atoms with Crippen LogP contribution < -0.4 is 5.46 Å². The molecule has 152 valence electrons. The number of carbonyl (C=O) groups excluding carboxylic acids is 1. The fourth-order valence-electron chi connectivity index (χ4n) is 4.26. The lowest BCUT2D eigenvalue weighted by Crippen LogP contribution is -2.41. The third-order valence-electron chi connectivity index (χ3n) is 7.04. The van der Waals surface area contributed by atoms with Gasteiger partial charge in [0.1, 0.15) is 0 Å². The summed E-state index contributed by atoms with van der Waals surface area (Å²) >= 11 is 0. The second-order valence-electron chi connectivity index (χ2n) is 10.3. The lowest BCUT2D eigenvalue weighted by molar-refractivity contribution is 0.00578. The first-order chi connectivity index (χ1) is 12.8. The zero-order valence-electron chi connectivity index (χ0n) is 18.1. The van der Waals surface area contributed by atoms with E-state index >= 15 is 0 Å². The van der Waals surface area contributed by atoms with Crippen molar-refractivity contribution < 1.29 is 19.2 Å². The van der Waals surface area contributed by atoms with Crippen molar-refractivity contribution in [3.63, 3.8) is 0 Å². The highest BCUT2D eigenvalue weighted by Gasteiger charge is 2.52. The number of aliphatic hydroxyl groups is 1. The second-order valence-corrected chi connectivity index (χ2v) is 10.3. The molecule has 2 aliphatic heterocycles. The Morgan fingerprint density at radius 3 is 2.25 bits per heavy atom. The molecule has 3 aliphatic rings. The van der Waals surface area contributed by atoms with Crippen molar-refractivity contribution >= 4 is 18.5 Å². The van der Waals surface area contributed by atoms with Crippen LogP contribution in [-0.2, 0) is 21.5 Å². The Balaban J connectivity index is 1.75. The van der Waals surface area contributed by atoms with Gasteiger partial charge in [0.25, 0.3) is 5.91 Å². The number of hydrogen-bond donors (Lipinski definition) is 1. The Bertz CT molecular complexity index is 807. The van der Waals surface area contributed by atoms with E-state index < -0.39 is 23.9 Å². The molecule has 28 heavy (non-hydrogen) atoms. The molecule has 2 fully saturated rings. The Labute approximate surface area is 168 Å². The summed E-state index contributed by atoms with van der Waals surface area (Å²) in [5.41, 5.74) is 1.13. The minimum absolute atomic E-state index is 0.0343. The minimum Gasteiger partial charge on any atom is -0.399 e. The summed E-state index contributed by atoms with van der Waals surface area (Å²) in [5, 5.41) is 10.8. The van der Waals surface area contributed by atoms with Gasteiger partial charge in [-0.25, -0.2) is 0 Å². The van der Waals surface area contributed by atoms with E-state index in [1.165, 1.54) is 12.8 Å². The fourth-order valence-corrected chi connectivity index (χ4v) is 4.26. The number of amides is 1. The number of rotatable bonds is 4. The summed E-state index contributed by atoms with van der Waals surface area (Å²) in [6.07, 6.45) is 2.39. The average Bonchev–Trinajstić information content (AvgIpc) is 3.31. The lowest BCUT2D eigenvalue weighted by atomic mass is 9.75. The number of nitrogens with zero attached hydrogens (tertiary/aromatic N) is 1. The maximum atomic E-state index is 13.2. The molecule has 4 rings (SSSR count). The quantitative estimate of drug-likeness (QED) is 0.810. The van der Waals surface area contributed by atoms with Crippen LogP contribution in [0.3, 0.4) is 0 Å². The van der Waals surface area contributed by atoms with Gasteiger partial charge in [0.2, 0.25) is 0 Å². The predicted octanol–water partition coefficient (Wildman–Crippen LogP) is 2.97. The Morgan fingerprint density at radius 1 is 1.18 bits per heavy atom. The first-order valence-corrected chi connectivity index (χ1v) is 10.4. The molecular formula is C22H32BNO4. The molecule has 1 aromatic carbocycles. The second kappa shape index (κ2) is 6.07. The largest absolute Gasteiger partial charge is 0.494 e. The SMILES string of the molecule is C[C@@H](C1CC1)N1Cc2cc(B3OC(C)(C)C(C)(C)O3)cc(C(C)(C)O)c2C1=O. The number of fused-ring (bicyclic) bond motifs is 1. The lowest BCUT2D eigenvalue weighted by Gasteiger charge is -2.32. The molecular weight excluding hydrogens is 353 g/mol. The zero-order chi connectivity index (χ0) is 20.6. The van der Waals surface area contributed by atoms with Crippen molar-refractivity contribution in [1.82, 2.24) is 4.90 Å². The van der Waals surface area contributed by atoms with Crippen LogP contribution in [0.2, 0.25) is 0 Å². The highest BCUT2D eigenvalue weighted by Crippen LogP contribution is 2.41. The van der Waals surface area contributed by atoms with E-state index in [1.807, 2.05) is 44.7 Å². The third-order valence-corrected chi connectivity index (χ3v) is 7.04. The van der Waals surface area contributed by atoms with Crippen LogP contribution in [0.1, 0.15) is 82.8 Å². The molecule has 0 aromatic heterocycles. The first-order valence-electron chi connectivity index (χ1n) is 10.4. The van der Waals surface area contributed by atoms with Crippen LogP contribution in [0.25, 0.3) is 0 Å². The molecule has 0 bridgehead atoms. The monoisotopic (exact) mass is 385 g/mol. The van der Waals surface area contributed by atoms with Crippen LogP contribution in [0.5, 0.6) is 0 Å². The highest BCUT2D eigenvalue weighted by atomic mass is 16.7. The molecule has 1 aromatic rings. The molecule has 0 radical (unpaired) electrons. The minimum atomic E-state index is -1.13. The van der Waals surface area contributed by atoms with E-state index in [-0.39, 0.29) is 11.9 Å². The summed E-state index contributed by atoms with van der Waals surface area (Å²) in [6.45, 7) is 14.3. The van der Waals surface area contributed by atoms with Gasteiger partial charge in [-0.2, -0.15) is 0 Å². The van der Waals surface area contributed by atoms with Gasteiger partial charge in [0.15, 0.2) is 0 Å². The predicted molar refractivity (Wildman–Crippen MR) is 109 cm³/mol. The molecule has 6 heteroatoms. The van der Waals surface area contributed by atoms with E-state index in [2.05, 4.69) is 6.92 Å². The first kappa shape index (κ1) is 19.9. The number of carbonyl (C=O) groups is 1. The molecule has 1 atom stereocenters. The molecule has 0 spiro atoms. The van der Waals surface area contributed by atoms with Crippen LogP contribution in [0.15, 0.2) is 12.1 Å². The summed E-state index contributed by atoms with van der Waals surface area (Å²) in [6, 6.07) is 4.16. The molecule has 0 unspecified atom stereocenters. The molecule has 1 amide bonds. The van der Waals surface area contributed by atoms with E-state index in [9.17, 15) is 9.90 Å². The smallest absolute Gasteiger partial charge is 0.399 e. The van der Waals surface area contributed by atoms with Gasteiger partial charge in [0, 0.05) is 12.6 Å². The average molecular weight is 385 g/mol. The Kier molecular flexibility index (Phi) is 4.32. The van der Waals surface area contributed by atoms with Gasteiger partial charge in [-0.05, 0) is 83.8 Å². The maximum absolute atomic E-state index is 13.2. The van der Waals surface area contributed by atoms with Crippen molar-refractivity contribution in [2.24, 2.45) is 5.92 Å². The molecule has 1 aliphatic carbocycles. The molecule has 1 saturated carbocycles. The summed E-state index contributed by atoms with van der Waals surface area (Å²) in [4.78, 5) is 15.2. The van der Waals surface area contributed by atoms with Crippen molar-refractivity contribution in [3.8, 4) is 0 Å². The van der Waals surface area contributed by atoms with E-state index in [0.717, 1.165) is 11.0 Å². The summed E-state index contributed by atoms with van der Waals surface area (Å²) in [7, 11) is -0.513. The molecule has 1 saturated heterocycles. The standard InChI is InChI=1S/C22H32BNO4/c1-13(14-8-9-14)24-12-15-10-16(23-27-21(4,5)22(6,7)28-23)11-17(20(2,3)26)18(15)19(24)25/h10-11,13-14,26H,8-9,12H2,1-7H3/t13-/m0/s1. The zero-order valence-corrected chi connectivity index (χ0v) is 18.1. The highest BCUT2D eigenvalue weighted by molar-refractivity contribution is 6.62. The number of hydrogen-bond acceptors (Lipinski definition) is 4. The van der Waals surface area contributed by atoms with Gasteiger partial charge >= 0.3 is 7.12 Å². The van der Waals surface area contributed by atoms with Crippen molar-refractivity contribution in [1.29, 1.82) is 0 Å². The van der Waals surface area contributed by atoms with Crippen LogP contribution in [0, 0.1) is 5.92 Å². The van der Waals surface area contributed by atoms with E-state index in [1.54, 1.807) is 13.8 Å². The summed E-state index contributed by atoms with van der Waals surface area (Å²) < 4.78 is 12.4. The Hall–Kier alpha value is -1.37. The van der Waals surface area contributed by atoms with E-state index in [4.69, 9.17) is 9.31 Å². The number of benzene rings is 1. The van der Waals surface area contributed by atoms with Crippen LogP contribution in [0.4, 0.5) is 0 Å². The molecule has 2 heterocycles. The van der Waals surface area contributed by atoms with Gasteiger partial charge < -0.3 is 19.3 Å². The van der Waals surface area contributed by atoms with Crippen LogP contribution >= 0.6 is 0 Å². The van der Waals surface area contributed by atoms with E-state index in [0.29, 0.717) is 23.6 Å². The fraction of sp³-hybridized carbons (Fsp3) is 0.682. The van der Waals surface area contributed by atoms with Gasteiger partial charge in [-0.1, -0.05) is 12.1 Å². The normalized spacial score (nSPS) is 24.6. The van der Waals surface area contributed by atoms with Gasteiger partial charge in [-0.15, -0.1) is 0 Å². The summed E-state index contributed by atoms with van der Waals surface area (Å²) in [5.74, 6) is 0.637. The van der Waals surface area contributed by atoms with Crippen LogP contribution in [-0.4, -0.2) is 40.3 Å². The molecule has 5 nitrogen and oxygen atoms in total. The Morgan fingerprint density at radius 2 is 1.75 bits per heavy atom. The van der Waals surface area contributed by atoms with Gasteiger partial charge in [0.05, 0.1) is 22.4 Å². The van der Waals surface area contributed by atoms with Crippen molar-refractivity contribution in [2.45, 2.75) is 90.7 Å². The maximum Gasteiger partial charge on any atom is 0.494 e. The van der Waals surface area contributed by atoms with Crippen molar-refractivity contribution in [2.75, 3.05) is 0 Å². The van der Waals surface area contributed by atoms with Gasteiger partial charge in [-0.3, -0.25) is 4.79 Å².